The van der Waals surface area contributed by atoms with E-state index in [1.54, 1.807) is 25.1 Å². The Labute approximate surface area is 192 Å². The monoisotopic (exact) mass is 455 g/mol. The Morgan fingerprint density at radius 3 is 2.19 bits per heavy atom. The summed E-state index contributed by atoms with van der Waals surface area (Å²) in [4.78, 5) is 38.0. The van der Waals surface area contributed by atoms with Gasteiger partial charge in [0.15, 0.2) is 0 Å². The van der Waals surface area contributed by atoms with Crippen LogP contribution in [0.4, 0.5) is 5.69 Å². The van der Waals surface area contributed by atoms with Crippen LogP contribution in [0.3, 0.4) is 0 Å². The van der Waals surface area contributed by atoms with Gasteiger partial charge in [0.1, 0.15) is 0 Å². The highest BCUT2D eigenvalue weighted by atomic mass is 32.1. The second-order valence-corrected chi connectivity index (χ2v) is 8.46. The minimum atomic E-state index is -0.453. The quantitative estimate of drug-likeness (QED) is 0.225. The third kappa shape index (κ3) is 6.52. The molecule has 5 N–H and O–H groups in total. The number of rotatable bonds is 9. The summed E-state index contributed by atoms with van der Waals surface area (Å²) in [5, 5.41) is 13.6. The van der Waals surface area contributed by atoms with Crippen LogP contribution < -0.4 is 21.5 Å². The number of benzene rings is 1. The number of carbonyl (C=O) groups excluding carboxylic acids is 3. The van der Waals surface area contributed by atoms with Gasteiger partial charge < -0.3 is 21.5 Å². The summed E-state index contributed by atoms with van der Waals surface area (Å²) < 4.78 is 0. The maximum absolute atomic E-state index is 12.8. The summed E-state index contributed by atoms with van der Waals surface area (Å²) in [6.07, 6.45) is 0.825. The summed E-state index contributed by atoms with van der Waals surface area (Å²) in [5.74, 6) is -1.11. The Morgan fingerprint density at radius 1 is 0.938 bits per heavy atom. The zero-order chi connectivity index (χ0) is 23.8. The molecule has 8 nitrogen and oxygen atoms in total. The molecule has 2 rings (SSSR count). The topological polar surface area (TPSA) is 123 Å². The van der Waals surface area contributed by atoms with E-state index in [1.807, 2.05) is 32.9 Å². The van der Waals surface area contributed by atoms with Crippen LogP contribution in [0.2, 0.25) is 0 Å². The average molecular weight is 456 g/mol. The molecule has 0 unspecified atom stereocenters. The van der Waals surface area contributed by atoms with Gasteiger partial charge in [-0.1, -0.05) is 13.0 Å². The summed E-state index contributed by atoms with van der Waals surface area (Å²) >= 11 is 1.07. The minimum Gasteiger partial charge on any atom is -0.351 e. The van der Waals surface area contributed by atoms with Crippen molar-refractivity contribution in [1.29, 1.82) is 5.41 Å². The summed E-state index contributed by atoms with van der Waals surface area (Å²) in [5.41, 5.74) is 8.50. The van der Waals surface area contributed by atoms with Gasteiger partial charge in [0.25, 0.3) is 17.7 Å². The Morgan fingerprint density at radius 2 is 1.59 bits per heavy atom. The van der Waals surface area contributed by atoms with E-state index in [4.69, 9.17) is 5.41 Å². The molecular weight excluding hydrogens is 426 g/mol. The van der Waals surface area contributed by atoms with Gasteiger partial charge in [-0.25, -0.2) is 0 Å². The molecule has 0 aliphatic rings. The molecule has 1 aromatic carbocycles. The first kappa shape index (κ1) is 24.8. The van der Waals surface area contributed by atoms with Crippen LogP contribution in [0.5, 0.6) is 0 Å². The fraction of sp³-hybridized carbons (Fsp3) is 0.304. The molecule has 1 aromatic heterocycles. The number of carbonyl (C=O) groups is 3. The number of thiophene rings is 1. The van der Waals surface area contributed by atoms with Gasteiger partial charge >= 0.3 is 0 Å². The van der Waals surface area contributed by atoms with E-state index in [1.165, 1.54) is 6.92 Å². The number of hydrogen-bond donors (Lipinski definition) is 5. The van der Waals surface area contributed by atoms with Crippen molar-refractivity contribution < 1.29 is 14.4 Å². The number of aryl methyl sites for hydroxylation is 2. The second kappa shape index (κ2) is 11.2. The molecule has 0 fully saturated rings. The largest absolute Gasteiger partial charge is 0.351 e. The standard InChI is InChI=1S/C23H29N5O3S/c1-6-11-25-21(29)18-9-10-19(32-18)22(30)28-27-16(5)20(15(4)24)23(31)26-17-8-7-13(2)14(3)12-17/h7-10,12,24,27H,6,11H2,1-5H3,(H,25,29)(H,26,31)(H,28,30)/b20-16-,24-15?. The Bertz CT molecular complexity index is 1070. The predicted molar refractivity (Wildman–Crippen MR) is 128 cm³/mol. The van der Waals surface area contributed by atoms with Crippen molar-refractivity contribution in [1.82, 2.24) is 16.2 Å². The van der Waals surface area contributed by atoms with Gasteiger partial charge in [-0.05, 0) is 69.5 Å². The molecule has 0 spiro atoms. The number of anilines is 1. The van der Waals surface area contributed by atoms with Crippen LogP contribution in [-0.2, 0) is 4.79 Å². The summed E-state index contributed by atoms with van der Waals surface area (Å²) in [7, 11) is 0. The van der Waals surface area contributed by atoms with Gasteiger partial charge in [-0.15, -0.1) is 11.3 Å². The van der Waals surface area contributed by atoms with Crippen molar-refractivity contribution in [3.63, 3.8) is 0 Å². The van der Waals surface area contributed by atoms with Crippen molar-refractivity contribution in [2.45, 2.75) is 41.0 Å². The summed E-state index contributed by atoms with van der Waals surface area (Å²) in [6.45, 7) is 9.57. The molecule has 32 heavy (non-hydrogen) atoms. The molecule has 3 amide bonds. The Balaban J connectivity index is 2.07. The lowest BCUT2D eigenvalue weighted by atomic mass is 10.1. The van der Waals surface area contributed by atoms with Gasteiger partial charge in [0, 0.05) is 23.6 Å². The number of nitrogens with one attached hydrogen (secondary N) is 5. The Hall–Kier alpha value is -3.46. The van der Waals surface area contributed by atoms with Crippen molar-refractivity contribution in [3.05, 3.63) is 62.5 Å². The molecule has 0 aliphatic heterocycles. The minimum absolute atomic E-state index is 0.0524. The van der Waals surface area contributed by atoms with E-state index in [-0.39, 0.29) is 17.2 Å². The lowest BCUT2D eigenvalue weighted by molar-refractivity contribution is -0.112. The molecule has 0 saturated carbocycles. The number of amides is 3. The molecule has 170 valence electrons. The summed E-state index contributed by atoms with van der Waals surface area (Å²) in [6, 6.07) is 8.73. The molecule has 0 saturated heterocycles. The van der Waals surface area contributed by atoms with E-state index in [2.05, 4.69) is 21.5 Å². The van der Waals surface area contributed by atoms with Gasteiger partial charge in [0.2, 0.25) is 0 Å². The highest BCUT2D eigenvalue weighted by molar-refractivity contribution is 7.15. The predicted octanol–water partition coefficient (Wildman–Crippen LogP) is 3.69. The maximum atomic E-state index is 12.8. The molecule has 0 radical (unpaired) electrons. The van der Waals surface area contributed by atoms with Crippen LogP contribution >= 0.6 is 11.3 Å². The SMILES string of the molecule is CCCNC(=O)c1ccc(C(=O)NN/C(C)=C(/C(C)=N)C(=O)Nc2ccc(C)c(C)c2)s1. The molecule has 0 aliphatic carbocycles. The third-order valence-corrected chi connectivity index (χ3v) is 5.78. The first-order valence-electron chi connectivity index (χ1n) is 10.2. The maximum Gasteiger partial charge on any atom is 0.279 e. The first-order chi connectivity index (χ1) is 15.1. The highest BCUT2D eigenvalue weighted by Crippen LogP contribution is 2.17. The fourth-order valence-electron chi connectivity index (χ4n) is 2.82. The lowest BCUT2D eigenvalue weighted by Crippen LogP contribution is -2.37. The molecule has 2 aromatic rings. The lowest BCUT2D eigenvalue weighted by Gasteiger charge is -2.14. The zero-order valence-electron chi connectivity index (χ0n) is 18.9. The highest BCUT2D eigenvalue weighted by Gasteiger charge is 2.18. The van der Waals surface area contributed by atoms with Crippen molar-refractivity contribution in [2.24, 2.45) is 0 Å². The molecule has 0 bridgehead atoms. The van der Waals surface area contributed by atoms with Crippen LogP contribution in [0, 0.1) is 19.3 Å². The number of allylic oxidation sites excluding steroid dienone is 1. The van der Waals surface area contributed by atoms with Crippen LogP contribution in [-0.4, -0.2) is 30.0 Å². The number of hydrogen-bond acceptors (Lipinski definition) is 6. The van der Waals surface area contributed by atoms with E-state index in [9.17, 15) is 14.4 Å². The fourth-order valence-corrected chi connectivity index (χ4v) is 3.63. The van der Waals surface area contributed by atoms with E-state index >= 15 is 0 Å². The Kier molecular flexibility index (Phi) is 8.71. The molecule has 1 heterocycles. The molecule has 0 atom stereocenters. The first-order valence-corrected chi connectivity index (χ1v) is 11.0. The second-order valence-electron chi connectivity index (χ2n) is 7.38. The average Bonchev–Trinajstić information content (AvgIpc) is 3.23. The van der Waals surface area contributed by atoms with E-state index in [0.29, 0.717) is 27.7 Å². The van der Waals surface area contributed by atoms with Crippen molar-refractivity contribution >= 4 is 40.5 Å². The van der Waals surface area contributed by atoms with Crippen molar-refractivity contribution in [2.75, 3.05) is 11.9 Å². The smallest absolute Gasteiger partial charge is 0.279 e. The van der Waals surface area contributed by atoms with Crippen molar-refractivity contribution in [3.8, 4) is 0 Å². The van der Waals surface area contributed by atoms with E-state index in [0.717, 1.165) is 28.9 Å². The van der Waals surface area contributed by atoms with Crippen LogP contribution in [0.1, 0.15) is 57.7 Å². The normalized spacial score (nSPS) is 11.3. The van der Waals surface area contributed by atoms with Gasteiger partial charge in [-0.3, -0.25) is 19.8 Å². The van der Waals surface area contributed by atoms with E-state index < -0.39 is 11.8 Å². The van der Waals surface area contributed by atoms with Gasteiger partial charge in [-0.2, -0.15) is 0 Å². The number of hydrazine groups is 1. The van der Waals surface area contributed by atoms with Gasteiger partial charge in [0.05, 0.1) is 15.3 Å². The zero-order valence-corrected chi connectivity index (χ0v) is 19.8. The van der Waals surface area contributed by atoms with Crippen LogP contribution in [0.15, 0.2) is 41.6 Å². The molecule has 9 heteroatoms. The van der Waals surface area contributed by atoms with Crippen LogP contribution in [0.25, 0.3) is 0 Å². The molecular formula is C23H29N5O3S. The third-order valence-electron chi connectivity index (χ3n) is 4.69.